The Balaban J connectivity index is 1.46. The Kier molecular flexibility index (Phi) is 7.26. The van der Waals surface area contributed by atoms with Crippen LogP contribution in [0.4, 0.5) is 5.69 Å². The number of fused-ring (bicyclic) bond motifs is 1. The molecular formula is C25H24N2O5S2. The first-order valence-electron chi connectivity index (χ1n) is 10.6. The molecule has 0 spiro atoms. The van der Waals surface area contributed by atoms with E-state index in [9.17, 15) is 18.7 Å². The van der Waals surface area contributed by atoms with Crippen molar-refractivity contribution in [1.29, 1.82) is 0 Å². The quantitative estimate of drug-likeness (QED) is 0.293. The summed E-state index contributed by atoms with van der Waals surface area (Å²) in [4.78, 5) is 16.1. The van der Waals surface area contributed by atoms with Crippen molar-refractivity contribution in [3.63, 3.8) is 0 Å². The lowest BCUT2D eigenvalue weighted by Gasteiger charge is -2.29. The van der Waals surface area contributed by atoms with Crippen LogP contribution >= 0.6 is 11.3 Å². The average Bonchev–Trinajstić information content (AvgIpc) is 3.24. The molecule has 1 aromatic heterocycles. The zero-order chi connectivity index (χ0) is 24.2. The maximum absolute atomic E-state index is 11.9. The van der Waals surface area contributed by atoms with Gasteiger partial charge in [0.2, 0.25) is 0 Å². The van der Waals surface area contributed by atoms with Crippen molar-refractivity contribution >= 4 is 44.5 Å². The topological polar surface area (TPSA) is 100.0 Å². The van der Waals surface area contributed by atoms with Crippen molar-refractivity contribution in [2.75, 3.05) is 4.31 Å². The molecule has 2 N–H and O–H groups in total. The van der Waals surface area contributed by atoms with Crippen molar-refractivity contribution in [2.24, 2.45) is 5.92 Å². The van der Waals surface area contributed by atoms with Crippen LogP contribution in [0.1, 0.15) is 19.4 Å². The van der Waals surface area contributed by atoms with Gasteiger partial charge in [0.05, 0.1) is 15.9 Å². The van der Waals surface area contributed by atoms with Crippen LogP contribution in [0.2, 0.25) is 0 Å². The predicted octanol–water partition coefficient (Wildman–Crippen LogP) is 5.59. The molecule has 9 heteroatoms. The van der Waals surface area contributed by atoms with Gasteiger partial charge in [-0.25, -0.2) is 14.0 Å². The highest BCUT2D eigenvalue weighted by atomic mass is 32.2. The van der Waals surface area contributed by atoms with Crippen molar-refractivity contribution in [3.05, 3.63) is 78.4 Å². The van der Waals surface area contributed by atoms with E-state index in [0.717, 1.165) is 31.2 Å². The van der Waals surface area contributed by atoms with Crippen LogP contribution in [0.15, 0.2) is 72.8 Å². The zero-order valence-corrected chi connectivity index (χ0v) is 20.3. The SMILES string of the molecule is CC(C)C(C(=O)O)N(c1ccc(-c2ccc(COc3nc4ccccc4s3)cc2)cc1)S(=O)O. The summed E-state index contributed by atoms with van der Waals surface area (Å²) in [6, 6.07) is 21.6. The smallest absolute Gasteiger partial charge is 0.327 e. The van der Waals surface area contributed by atoms with Crippen LogP contribution in [-0.2, 0) is 22.7 Å². The second-order valence-corrected chi connectivity index (χ2v) is 9.91. The molecule has 0 fully saturated rings. The summed E-state index contributed by atoms with van der Waals surface area (Å²) in [6.45, 7) is 3.81. The van der Waals surface area contributed by atoms with Gasteiger partial charge in [0, 0.05) is 0 Å². The Morgan fingerprint density at radius 1 is 1.03 bits per heavy atom. The molecule has 0 aliphatic rings. The van der Waals surface area contributed by atoms with E-state index in [1.165, 1.54) is 11.3 Å². The fourth-order valence-corrected chi connectivity index (χ4v) is 5.30. The van der Waals surface area contributed by atoms with E-state index in [1.54, 1.807) is 38.1 Å². The molecule has 0 amide bonds. The number of para-hydroxylation sites is 1. The third-order valence-electron chi connectivity index (χ3n) is 5.35. The Bertz CT molecular complexity index is 1270. The first-order valence-corrected chi connectivity index (χ1v) is 12.5. The van der Waals surface area contributed by atoms with Gasteiger partial charge in [0.25, 0.3) is 16.5 Å². The number of hydrogen-bond acceptors (Lipinski definition) is 5. The number of aromatic nitrogens is 1. The number of anilines is 1. The van der Waals surface area contributed by atoms with Gasteiger partial charge in [-0.2, -0.15) is 0 Å². The Morgan fingerprint density at radius 2 is 1.65 bits per heavy atom. The van der Waals surface area contributed by atoms with Gasteiger partial charge in [-0.1, -0.05) is 73.7 Å². The third-order valence-corrected chi connectivity index (χ3v) is 7.07. The lowest BCUT2D eigenvalue weighted by atomic mass is 10.0. The minimum absolute atomic E-state index is 0.356. The summed E-state index contributed by atoms with van der Waals surface area (Å²) in [7, 11) is 0. The summed E-state index contributed by atoms with van der Waals surface area (Å²) in [5.41, 5.74) is 4.16. The summed E-state index contributed by atoms with van der Waals surface area (Å²) in [5.74, 6) is -1.50. The number of nitrogens with zero attached hydrogens (tertiary/aromatic N) is 2. The van der Waals surface area contributed by atoms with Crippen molar-refractivity contribution in [1.82, 2.24) is 4.98 Å². The molecule has 2 unspecified atom stereocenters. The molecule has 0 aliphatic carbocycles. The van der Waals surface area contributed by atoms with Gasteiger partial charge in [0.1, 0.15) is 12.6 Å². The number of carboxylic acid groups (broad SMARTS) is 1. The van der Waals surface area contributed by atoms with Crippen LogP contribution < -0.4 is 9.04 Å². The van der Waals surface area contributed by atoms with E-state index in [2.05, 4.69) is 4.98 Å². The predicted molar refractivity (Wildman–Crippen MR) is 135 cm³/mol. The fourth-order valence-electron chi connectivity index (χ4n) is 3.66. The molecule has 0 saturated carbocycles. The minimum Gasteiger partial charge on any atom is -0.480 e. The summed E-state index contributed by atoms with van der Waals surface area (Å²) < 4.78 is 29.6. The van der Waals surface area contributed by atoms with Crippen LogP contribution in [-0.4, -0.2) is 30.9 Å². The van der Waals surface area contributed by atoms with Crippen molar-refractivity contribution in [3.8, 4) is 16.3 Å². The number of rotatable bonds is 9. The second-order valence-electron chi connectivity index (χ2n) is 8.06. The molecule has 2 atom stereocenters. The van der Waals surface area contributed by atoms with Crippen LogP contribution in [0.3, 0.4) is 0 Å². The highest BCUT2D eigenvalue weighted by molar-refractivity contribution is 7.80. The maximum atomic E-state index is 11.9. The summed E-state index contributed by atoms with van der Waals surface area (Å²) in [6.07, 6.45) is 0. The molecule has 1 heterocycles. The standard InChI is InChI=1S/C25H24N2O5S2/c1-16(2)23(24(28)29)27(34(30)31)20-13-11-19(12-14-20)18-9-7-17(8-10-18)15-32-25-26-21-5-3-4-6-22(21)33-25/h3-14,16,23H,15H2,1-2H3,(H,28,29)(H,30,31). The molecule has 34 heavy (non-hydrogen) atoms. The molecule has 0 radical (unpaired) electrons. The first kappa shape index (κ1) is 23.9. The number of carboxylic acids is 1. The summed E-state index contributed by atoms with van der Waals surface area (Å²) >= 11 is -0.955. The average molecular weight is 497 g/mol. The number of carbonyl (C=O) groups is 1. The van der Waals surface area contributed by atoms with E-state index < -0.39 is 23.3 Å². The van der Waals surface area contributed by atoms with Crippen molar-refractivity contribution in [2.45, 2.75) is 26.5 Å². The molecular weight excluding hydrogens is 472 g/mol. The molecule has 0 saturated heterocycles. The largest absolute Gasteiger partial charge is 0.480 e. The number of thiazole rings is 1. The van der Waals surface area contributed by atoms with E-state index >= 15 is 0 Å². The Labute approximate surface area is 204 Å². The number of hydrogen-bond donors (Lipinski definition) is 2. The van der Waals surface area contributed by atoms with Gasteiger partial charge in [-0.05, 0) is 46.9 Å². The molecule has 0 aliphatic heterocycles. The van der Waals surface area contributed by atoms with Gasteiger partial charge in [-0.15, -0.1) is 0 Å². The first-order chi connectivity index (χ1) is 16.3. The molecule has 4 rings (SSSR count). The molecule has 176 valence electrons. The van der Waals surface area contributed by atoms with E-state index in [0.29, 0.717) is 17.5 Å². The zero-order valence-electron chi connectivity index (χ0n) is 18.6. The highest BCUT2D eigenvalue weighted by Gasteiger charge is 2.32. The van der Waals surface area contributed by atoms with Gasteiger partial charge < -0.3 is 9.84 Å². The van der Waals surface area contributed by atoms with Crippen LogP contribution in [0.25, 0.3) is 21.3 Å². The Hall–Kier alpha value is -3.27. The third kappa shape index (κ3) is 5.27. The van der Waals surface area contributed by atoms with E-state index in [1.807, 2.05) is 48.5 Å². The maximum Gasteiger partial charge on any atom is 0.327 e. The van der Waals surface area contributed by atoms with Gasteiger partial charge in [-0.3, -0.25) is 8.86 Å². The van der Waals surface area contributed by atoms with E-state index in [4.69, 9.17) is 4.74 Å². The minimum atomic E-state index is -2.47. The lowest BCUT2D eigenvalue weighted by molar-refractivity contribution is -0.139. The molecule has 0 bridgehead atoms. The molecule has 3 aromatic carbocycles. The normalized spacial score (nSPS) is 13.1. The van der Waals surface area contributed by atoms with Crippen molar-refractivity contribution < 1.29 is 23.4 Å². The molecule has 4 aromatic rings. The number of ether oxygens (including phenoxy) is 1. The lowest BCUT2D eigenvalue weighted by Crippen LogP contribution is -2.45. The van der Waals surface area contributed by atoms with Gasteiger partial charge in [0.15, 0.2) is 0 Å². The fraction of sp³-hybridized carbons (Fsp3) is 0.200. The second kappa shape index (κ2) is 10.3. The van der Waals surface area contributed by atoms with Crippen LogP contribution in [0.5, 0.6) is 5.19 Å². The molecule has 7 nitrogen and oxygen atoms in total. The van der Waals surface area contributed by atoms with Crippen LogP contribution in [0, 0.1) is 5.92 Å². The van der Waals surface area contributed by atoms with Gasteiger partial charge >= 0.3 is 5.97 Å². The summed E-state index contributed by atoms with van der Waals surface area (Å²) in [5, 5.41) is 10.2. The Morgan fingerprint density at radius 3 is 2.21 bits per heavy atom. The monoisotopic (exact) mass is 496 g/mol. The number of aliphatic carboxylic acids is 1. The highest BCUT2D eigenvalue weighted by Crippen LogP contribution is 2.29. The van der Waals surface area contributed by atoms with E-state index in [-0.39, 0.29) is 5.92 Å². The number of benzene rings is 3.